The Balaban J connectivity index is 1.44. The van der Waals surface area contributed by atoms with Crippen molar-refractivity contribution >= 4 is 22.4 Å². The molecule has 0 spiro atoms. The number of nitrogens with one attached hydrogen (secondary N) is 1. The van der Waals surface area contributed by atoms with Crippen LogP contribution >= 0.6 is 0 Å². The van der Waals surface area contributed by atoms with E-state index in [0.29, 0.717) is 16.7 Å². The van der Waals surface area contributed by atoms with Crippen LogP contribution in [-0.4, -0.2) is 54.0 Å². The zero-order valence-corrected chi connectivity index (χ0v) is 21.6. The normalized spacial score (nSPS) is 19.7. The Morgan fingerprint density at radius 3 is 2.50 bits per heavy atom. The van der Waals surface area contributed by atoms with E-state index < -0.39 is 5.41 Å². The molecule has 1 saturated carbocycles. The zero-order chi connectivity index (χ0) is 25.2. The first-order valence-corrected chi connectivity index (χ1v) is 13.2. The van der Waals surface area contributed by atoms with Crippen LogP contribution in [0, 0.1) is 11.3 Å². The van der Waals surface area contributed by atoms with Gasteiger partial charge in [0.25, 0.3) is 0 Å². The van der Waals surface area contributed by atoms with Crippen LogP contribution in [0.2, 0.25) is 0 Å². The van der Waals surface area contributed by atoms with E-state index in [1.807, 2.05) is 32.0 Å². The molecule has 2 aromatic carbocycles. The number of benzene rings is 2. The molecule has 6 nitrogen and oxygen atoms in total. The molecule has 36 heavy (non-hydrogen) atoms. The summed E-state index contributed by atoms with van der Waals surface area (Å²) in [4.78, 5) is 22.5. The number of H-pyrrole nitrogens is 1. The predicted molar refractivity (Wildman–Crippen MR) is 142 cm³/mol. The zero-order valence-electron chi connectivity index (χ0n) is 21.6. The molecule has 2 fully saturated rings. The van der Waals surface area contributed by atoms with Crippen LogP contribution in [0.5, 0.6) is 5.75 Å². The number of anilines is 1. The Morgan fingerprint density at radius 2 is 1.86 bits per heavy atom. The third-order valence-electron chi connectivity index (χ3n) is 8.41. The minimum absolute atomic E-state index is 0.0119. The number of piperazine rings is 1. The smallest absolute Gasteiger partial charge is 0.195 e. The highest BCUT2D eigenvalue weighted by molar-refractivity contribution is 6.20. The average Bonchev–Trinajstić information content (AvgIpc) is 3.22. The fourth-order valence-electron chi connectivity index (χ4n) is 6.19. The molecule has 1 N–H and O–H groups in total. The maximum absolute atomic E-state index is 13.9. The Bertz CT molecular complexity index is 1400. The number of ether oxygens (including phenoxy) is 1. The van der Waals surface area contributed by atoms with Gasteiger partial charge >= 0.3 is 0 Å². The quantitative estimate of drug-likeness (QED) is 0.541. The first kappa shape index (κ1) is 23.1. The lowest BCUT2D eigenvalue weighted by Gasteiger charge is -2.44. The summed E-state index contributed by atoms with van der Waals surface area (Å²) in [6.07, 6.45) is 4.04. The Labute approximate surface area is 212 Å². The molecule has 3 aromatic rings. The summed E-state index contributed by atoms with van der Waals surface area (Å²) in [6.45, 7) is 12.5. The van der Waals surface area contributed by atoms with Gasteiger partial charge in [-0.2, -0.15) is 5.26 Å². The Kier molecular flexibility index (Phi) is 5.38. The Hall–Kier alpha value is -3.30. The molecule has 0 bridgehead atoms. The van der Waals surface area contributed by atoms with Gasteiger partial charge < -0.3 is 14.6 Å². The molecule has 6 heteroatoms. The maximum atomic E-state index is 13.9. The molecule has 0 atom stereocenters. The molecule has 1 aromatic heterocycles. The average molecular weight is 483 g/mol. The van der Waals surface area contributed by atoms with Crippen LogP contribution in [0.4, 0.5) is 5.69 Å². The van der Waals surface area contributed by atoms with Gasteiger partial charge in [0.15, 0.2) is 5.78 Å². The molecular formula is C30H34N4O2. The van der Waals surface area contributed by atoms with Crippen molar-refractivity contribution in [2.75, 3.05) is 31.1 Å². The fraction of sp³-hybridized carbons (Fsp3) is 0.467. The second-order valence-electron chi connectivity index (χ2n) is 11.3. The number of hydrogen-bond acceptors (Lipinski definition) is 5. The topological polar surface area (TPSA) is 72.4 Å². The van der Waals surface area contributed by atoms with Gasteiger partial charge in [-0.15, -0.1) is 0 Å². The van der Waals surface area contributed by atoms with E-state index in [1.54, 1.807) is 6.07 Å². The molecule has 0 radical (unpaired) electrons. The second-order valence-corrected chi connectivity index (χ2v) is 11.3. The van der Waals surface area contributed by atoms with Crippen LogP contribution in [-0.2, 0) is 5.41 Å². The summed E-state index contributed by atoms with van der Waals surface area (Å²) in [5.41, 5.74) is 5.48. The highest BCUT2D eigenvalue weighted by Crippen LogP contribution is 2.47. The monoisotopic (exact) mass is 482 g/mol. The largest absolute Gasteiger partial charge is 0.489 e. The Morgan fingerprint density at radius 1 is 1.11 bits per heavy atom. The van der Waals surface area contributed by atoms with Gasteiger partial charge in [0.05, 0.1) is 29.0 Å². The standard InChI is InChI=1S/C30H34N4O2/c1-18(2)36-26-15-22-23(16-25(26)34-12-10-33(11-13-34)20-6-5-7-20)30(3,4)29-27(28(22)35)21-9-8-19(17-31)14-24(21)32-29/h8-9,14-16,18,20,32H,5-7,10-13H2,1-4H3. The van der Waals surface area contributed by atoms with E-state index in [4.69, 9.17) is 4.74 Å². The summed E-state index contributed by atoms with van der Waals surface area (Å²) in [7, 11) is 0. The molecule has 1 saturated heterocycles. The number of aromatic amines is 1. The van der Waals surface area contributed by atoms with Crippen molar-refractivity contribution in [1.82, 2.24) is 9.88 Å². The number of fused-ring (bicyclic) bond motifs is 4. The van der Waals surface area contributed by atoms with Crippen LogP contribution in [0.3, 0.4) is 0 Å². The van der Waals surface area contributed by atoms with Crippen molar-refractivity contribution < 1.29 is 9.53 Å². The van der Waals surface area contributed by atoms with Gasteiger partial charge in [-0.3, -0.25) is 9.69 Å². The first-order chi connectivity index (χ1) is 17.3. The van der Waals surface area contributed by atoms with E-state index >= 15 is 0 Å². The molecule has 0 amide bonds. The lowest BCUT2D eigenvalue weighted by atomic mass is 9.71. The van der Waals surface area contributed by atoms with Crippen molar-refractivity contribution in [2.24, 2.45) is 0 Å². The summed E-state index contributed by atoms with van der Waals surface area (Å²) in [5, 5.41) is 10.2. The van der Waals surface area contributed by atoms with Gasteiger partial charge in [-0.05, 0) is 56.5 Å². The number of hydrogen-bond donors (Lipinski definition) is 1. The predicted octanol–water partition coefficient (Wildman–Crippen LogP) is 5.37. The SMILES string of the molecule is CC(C)Oc1cc2c(cc1N1CCN(C3CCC3)CC1)C(C)(C)c1[nH]c3cc(C#N)ccc3c1C2=O. The molecule has 6 rings (SSSR count). The van der Waals surface area contributed by atoms with Crippen molar-refractivity contribution in [3.8, 4) is 11.8 Å². The van der Waals surface area contributed by atoms with Crippen LogP contribution in [0.15, 0.2) is 30.3 Å². The summed E-state index contributed by atoms with van der Waals surface area (Å²) in [5.74, 6) is 0.810. The lowest BCUT2D eigenvalue weighted by molar-refractivity contribution is 0.103. The minimum Gasteiger partial charge on any atom is -0.489 e. The van der Waals surface area contributed by atoms with Gasteiger partial charge in [0, 0.05) is 59.8 Å². The number of carbonyl (C=O) groups excluding carboxylic acids is 1. The number of aromatic nitrogens is 1. The first-order valence-electron chi connectivity index (χ1n) is 13.2. The van der Waals surface area contributed by atoms with Gasteiger partial charge in [0.2, 0.25) is 0 Å². The van der Waals surface area contributed by atoms with Gasteiger partial charge in [0.1, 0.15) is 5.75 Å². The number of nitriles is 1. The lowest BCUT2D eigenvalue weighted by Crippen LogP contribution is -2.52. The van der Waals surface area contributed by atoms with Crippen LogP contribution < -0.4 is 9.64 Å². The van der Waals surface area contributed by atoms with Crippen LogP contribution in [0.1, 0.15) is 79.7 Å². The number of ketones is 1. The van der Waals surface area contributed by atoms with Crippen molar-refractivity contribution in [2.45, 2.75) is 64.5 Å². The number of nitrogens with zero attached hydrogens (tertiary/aromatic N) is 3. The van der Waals surface area contributed by atoms with Crippen LogP contribution in [0.25, 0.3) is 10.9 Å². The van der Waals surface area contributed by atoms with E-state index in [1.165, 1.54) is 19.3 Å². The minimum atomic E-state index is -0.400. The highest BCUT2D eigenvalue weighted by atomic mass is 16.5. The summed E-state index contributed by atoms with van der Waals surface area (Å²) in [6, 6.07) is 12.7. The highest BCUT2D eigenvalue weighted by Gasteiger charge is 2.41. The molecule has 2 aliphatic carbocycles. The maximum Gasteiger partial charge on any atom is 0.195 e. The molecule has 0 unspecified atom stereocenters. The van der Waals surface area contributed by atoms with Crippen molar-refractivity contribution in [3.63, 3.8) is 0 Å². The van der Waals surface area contributed by atoms with Crippen molar-refractivity contribution in [3.05, 3.63) is 58.3 Å². The molecule has 1 aliphatic heterocycles. The van der Waals surface area contributed by atoms with E-state index in [2.05, 4.69) is 40.8 Å². The van der Waals surface area contributed by atoms with E-state index in [-0.39, 0.29) is 11.9 Å². The third-order valence-corrected chi connectivity index (χ3v) is 8.41. The van der Waals surface area contributed by atoms with Crippen molar-refractivity contribution in [1.29, 1.82) is 5.26 Å². The number of rotatable bonds is 4. The molecule has 186 valence electrons. The molecule has 2 heterocycles. The second kappa shape index (κ2) is 8.38. The number of carbonyl (C=O) groups is 1. The van der Waals surface area contributed by atoms with Gasteiger partial charge in [-0.25, -0.2) is 0 Å². The van der Waals surface area contributed by atoms with Gasteiger partial charge in [-0.1, -0.05) is 26.3 Å². The third kappa shape index (κ3) is 3.52. The molecular weight excluding hydrogens is 448 g/mol. The fourth-order valence-corrected chi connectivity index (χ4v) is 6.19. The van der Waals surface area contributed by atoms with E-state index in [9.17, 15) is 10.1 Å². The van der Waals surface area contributed by atoms with E-state index in [0.717, 1.165) is 65.8 Å². The summed E-state index contributed by atoms with van der Waals surface area (Å²) < 4.78 is 6.32. The summed E-state index contributed by atoms with van der Waals surface area (Å²) >= 11 is 0. The molecule has 3 aliphatic rings.